The van der Waals surface area contributed by atoms with Gasteiger partial charge in [-0.2, -0.15) is 0 Å². The van der Waals surface area contributed by atoms with E-state index in [0.717, 1.165) is 37.6 Å². The molecule has 0 amide bonds. The Balaban J connectivity index is 1.70. The molecule has 22 heavy (non-hydrogen) atoms. The van der Waals surface area contributed by atoms with E-state index in [9.17, 15) is 0 Å². The van der Waals surface area contributed by atoms with Crippen LogP contribution in [0.3, 0.4) is 0 Å². The van der Waals surface area contributed by atoms with Gasteiger partial charge < -0.3 is 14.8 Å². The molecule has 2 rings (SSSR count). The molecule has 2 aromatic rings. The molecule has 0 unspecified atom stereocenters. The number of ether oxygens (including phenoxy) is 2. The van der Waals surface area contributed by atoms with E-state index in [1.165, 1.54) is 16.7 Å². The van der Waals surface area contributed by atoms with Crippen molar-refractivity contribution in [3.8, 4) is 11.5 Å². The van der Waals surface area contributed by atoms with Crippen LogP contribution in [0.15, 0.2) is 42.5 Å². The van der Waals surface area contributed by atoms with Gasteiger partial charge in [0.05, 0.1) is 13.7 Å². The number of para-hydroxylation sites is 2. The van der Waals surface area contributed by atoms with Gasteiger partial charge in [-0.25, -0.2) is 0 Å². The van der Waals surface area contributed by atoms with Crippen LogP contribution in [0.2, 0.25) is 0 Å². The summed E-state index contributed by atoms with van der Waals surface area (Å²) >= 11 is 0. The number of aryl methyl sites for hydroxylation is 2. The Bertz CT molecular complexity index is 575. The first-order valence-corrected chi connectivity index (χ1v) is 7.74. The van der Waals surface area contributed by atoms with Crippen molar-refractivity contribution in [2.75, 3.05) is 20.3 Å². The number of hydrogen-bond donors (Lipinski definition) is 1. The van der Waals surface area contributed by atoms with E-state index in [1.807, 2.05) is 18.2 Å². The highest BCUT2D eigenvalue weighted by Gasteiger charge is 2.03. The van der Waals surface area contributed by atoms with Crippen molar-refractivity contribution in [3.05, 3.63) is 59.2 Å². The Morgan fingerprint density at radius 1 is 0.955 bits per heavy atom. The highest BCUT2D eigenvalue weighted by Crippen LogP contribution is 2.22. The summed E-state index contributed by atoms with van der Waals surface area (Å²) in [4.78, 5) is 0. The summed E-state index contributed by atoms with van der Waals surface area (Å²) in [7, 11) is 1.71. The third-order valence-electron chi connectivity index (χ3n) is 3.66. The van der Waals surface area contributed by atoms with Crippen LogP contribution >= 0.6 is 0 Å². The Kier molecular flexibility index (Phi) is 6.28. The van der Waals surface area contributed by atoms with E-state index in [0.29, 0.717) is 0 Å². The molecule has 0 bridgehead atoms. The lowest BCUT2D eigenvalue weighted by Gasteiger charge is -2.12. The lowest BCUT2D eigenvalue weighted by Crippen LogP contribution is -2.17. The molecule has 0 aliphatic carbocycles. The molecular formula is C19H25NO2. The average Bonchev–Trinajstić information content (AvgIpc) is 2.53. The van der Waals surface area contributed by atoms with Gasteiger partial charge in [-0.1, -0.05) is 36.4 Å². The molecule has 0 saturated heterocycles. The van der Waals surface area contributed by atoms with Gasteiger partial charge in [-0.3, -0.25) is 0 Å². The highest BCUT2D eigenvalue weighted by molar-refractivity contribution is 5.39. The van der Waals surface area contributed by atoms with Gasteiger partial charge in [0.15, 0.2) is 0 Å². The van der Waals surface area contributed by atoms with Crippen molar-refractivity contribution in [2.45, 2.75) is 26.8 Å². The standard InChI is InChI=1S/C19H25NO2/c1-15-8-6-9-16(2)19(15)22-13-7-12-20-14-17-10-4-5-11-18(17)21-3/h4-6,8-11,20H,7,12-14H2,1-3H3. The molecule has 0 radical (unpaired) electrons. The van der Waals surface area contributed by atoms with E-state index in [1.54, 1.807) is 7.11 Å². The van der Waals surface area contributed by atoms with Crippen LogP contribution in [0.1, 0.15) is 23.1 Å². The third-order valence-corrected chi connectivity index (χ3v) is 3.66. The van der Waals surface area contributed by atoms with Crippen LogP contribution in [0.4, 0.5) is 0 Å². The molecule has 0 aliphatic rings. The van der Waals surface area contributed by atoms with Gasteiger partial charge in [0, 0.05) is 12.1 Å². The summed E-state index contributed by atoms with van der Waals surface area (Å²) in [6, 6.07) is 14.3. The Labute approximate surface area is 133 Å². The Morgan fingerprint density at radius 2 is 1.68 bits per heavy atom. The van der Waals surface area contributed by atoms with Crippen molar-refractivity contribution in [1.29, 1.82) is 0 Å². The molecule has 1 N–H and O–H groups in total. The minimum atomic E-state index is 0.727. The number of benzene rings is 2. The average molecular weight is 299 g/mol. The predicted octanol–water partition coefficient (Wildman–Crippen LogP) is 3.87. The van der Waals surface area contributed by atoms with Crippen LogP contribution in [0, 0.1) is 13.8 Å². The van der Waals surface area contributed by atoms with E-state index >= 15 is 0 Å². The van der Waals surface area contributed by atoms with Crippen LogP contribution in [-0.4, -0.2) is 20.3 Å². The molecule has 0 atom stereocenters. The minimum absolute atomic E-state index is 0.727. The lowest BCUT2D eigenvalue weighted by molar-refractivity contribution is 0.304. The number of methoxy groups -OCH3 is 1. The van der Waals surface area contributed by atoms with E-state index in [4.69, 9.17) is 9.47 Å². The highest BCUT2D eigenvalue weighted by atomic mass is 16.5. The van der Waals surface area contributed by atoms with Crippen molar-refractivity contribution < 1.29 is 9.47 Å². The Hall–Kier alpha value is -2.00. The second-order valence-corrected chi connectivity index (χ2v) is 5.41. The Morgan fingerprint density at radius 3 is 2.41 bits per heavy atom. The second-order valence-electron chi connectivity index (χ2n) is 5.41. The third kappa shape index (κ3) is 4.50. The van der Waals surface area contributed by atoms with Crippen LogP contribution in [0.25, 0.3) is 0 Å². The zero-order chi connectivity index (χ0) is 15.8. The van der Waals surface area contributed by atoms with E-state index in [-0.39, 0.29) is 0 Å². The van der Waals surface area contributed by atoms with Gasteiger partial charge in [0.25, 0.3) is 0 Å². The van der Waals surface area contributed by atoms with E-state index < -0.39 is 0 Å². The van der Waals surface area contributed by atoms with Crippen molar-refractivity contribution in [1.82, 2.24) is 5.32 Å². The fourth-order valence-corrected chi connectivity index (χ4v) is 2.47. The molecular weight excluding hydrogens is 274 g/mol. The van der Waals surface area contributed by atoms with Crippen molar-refractivity contribution in [3.63, 3.8) is 0 Å². The van der Waals surface area contributed by atoms with Crippen LogP contribution in [-0.2, 0) is 6.54 Å². The molecule has 0 spiro atoms. The molecule has 0 heterocycles. The molecule has 0 saturated carbocycles. The minimum Gasteiger partial charge on any atom is -0.496 e. The lowest BCUT2D eigenvalue weighted by atomic mass is 10.1. The molecule has 2 aromatic carbocycles. The van der Waals surface area contributed by atoms with Crippen molar-refractivity contribution in [2.24, 2.45) is 0 Å². The van der Waals surface area contributed by atoms with Crippen LogP contribution < -0.4 is 14.8 Å². The van der Waals surface area contributed by atoms with Gasteiger partial charge in [0.2, 0.25) is 0 Å². The summed E-state index contributed by atoms with van der Waals surface area (Å²) < 4.78 is 11.2. The fraction of sp³-hybridized carbons (Fsp3) is 0.368. The molecule has 0 fully saturated rings. The quantitative estimate of drug-likeness (QED) is 0.751. The molecule has 3 heteroatoms. The van der Waals surface area contributed by atoms with Gasteiger partial charge >= 0.3 is 0 Å². The monoisotopic (exact) mass is 299 g/mol. The topological polar surface area (TPSA) is 30.5 Å². The second kappa shape index (κ2) is 8.44. The maximum absolute atomic E-state index is 5.90. The normalized spacial score (nSPS) is 10.5. The molecule has 0 aromatic heterocycles. The summed E-state index contributed by atoms with van der Waals surface area (Å²) in [6.45, 7) is 6.63. The van der Waals surface area contributed by atoms with Crippen LogP contribution in [0.5, 0.6) is 11.5 Å². The SMILES string of the molecule is COc1ccccc1CNCCCOc1c(C)cccc1C. The smallest absolute Gasteiger partial charge is 0.125 e. The largest absolute Gasteiger partial charge is 0.496 e. The molecule has 118 valence electrons. The van der Waals surface area contributed by atoms with Gasteiger partial charge in [0.1, 0.15) is 11.5 Å². The molecule has 3 nitrogen and oxygen atoms in total. The first-order valence-electron chi connectivity index (χ1n) is 7.74. The zero-order valence-electron chi connectivity index (χ0n) is 13.7. The maximum Gasteiger partial charge on any atom is 0.125 e. The fourth-order valence-electron chi connectivity index (χ4n) is 2.47. The summed E-state index contributed by atoms with van der Waals surface area (Å²) in [6.07, 6.45) is 0.975. The zero-order valence-corrected chi connectivity index (χ0v) is 13.7. The molecule has 0 aliphatic heterocycles. The number of rotatable bonds is 8. The van der Waals surface area contributed by atoms with Gasteiger partial charge in [-0.15, -0.1) is 0 Å². The maximum atomic E-state index is 5.90. The first kappa shape index (κ1) is 16.4. The van der Waals surface area contributed by atoms with Crippen molar-refractivity contribution >= 4 is 0 Å². The van der Waals surface area contributed by atoms with Gasteiger partial charge in [-0.05, 0) is 44.0 Å². The number of hydrogen-bond acceptors (Lipinski definition) is 3. The number of nitrogens with one attached hydrogen (secondary N) is 1. The first-order chi connectivity index (χ1) is 10.7. The predicted molar refractivity (Wildman–Crippen MR) is 90.7 cm³/mol. The van der Waals surface area contributed by atoms with E-state index in [2.05, 4.69) is 43.4 Å². The summed E-state index contributed by atoms with van der Waals surface area (Å²) in [5, 5.41) is 3.43. The summed E-state index contributed by atoms with van der Waals surface area (Å²) in [5.74, 6) is 1.95. The summed E-state index contributed by atoms with van der Waals surface area (Å²) in [5.41, 5.74) is 3.57.